The first-order chi connectivity index (χ1) is 4.36. The summed E-state index contributed by atoms with van der Waals surface area (Å²) in [6.07, 6.45) is 0.110. The van der Waals surface area contributed by atoms with Gasteiger partial charge in [0.25, 0.3) is 0 Å². The molecule has 0 aromatic carbocycles. The first kappa shape index (κ1) is 9.50. The molecule has 0 saturated heterocycles. The van der Waals surface area contributed by atoms with Gasteiger partial charge in [-0.3, -0.25) is 0 Å². The number of aliphatic hydroxyl groups excluding tert-OH is 1. The van der Waals surface area contributed by atoms with E-state index in [1.165, 1.54) is 0 Å². The summed E-state index contributed by atoms with van der Waals surface area (Å²) in [6, 6.07) is 0. The normalized spacial score (nSPS) is 12.1. The minimum atomic E-state index is -0.617. The maximum absolute atomic E-state index is 9.01. The van der Waals surface area contributed by atoms with E-state index in [-0.39, 0.29) is 11.9 Å². The minimum Gasteiger partial charge on any atom is -0.510 e. The molecule has 0 spiro atoms. The van der Waals surface area contributed by atoms with Crippen molar-refractivity contribution in [2.45, 2.75) is 39.4 Å². The lowest BCUT2D eigenvalue weighted by Gasteiger charge is -2.26. The van der Waals surface area contributed by atoms with Gasteiger partial charge in [0, 0.05) is 0 Å². The molecule has 1 N–H and O–H groups in total. The second kappa shape index (κ2) is 3.06. The van der Waals surface area contributed by atoms with Gasteiger partial charge < -0.3 is 9.84 Å². The predicted molar refractivity (Wildman–Crippen MR) is 42.1 cm³/mol. The fourth-order valence-corrected chi connectivity index (χ4v) is 0.657. The van der Waals surface area contributed by atoms with Crippen molar-refractivity contribution in [1.29, 1.82) is 0 Å². The van der Waals surface area contributed by atoms with Gasteiger partial charge in [0.1, 0.15) is 11.4 Å². The zero-order valence-corrected chi connectivity index (χ0v) is 7.14. The van der Waals surface area contributed by atoms with Crippen LogP contribution in [0.4, 0.5) is 0 Å². The van der Waals surface area contributed by atoms with Crippen LogP contribution in [0.2, 0.25) is 0 Å². The molecule has 0 atom stereocenters. The zero-order chi connectivity index (χ0) is 8.36. The summed E-state index contributed by atoms with van der Waals surface area (Å²) in [6.45, 7) is 10.8. The summed E-state index contributed by atoms with van der Waals surface area (Å²) in [5, 5.41) is 9.01. The highest BCUT2D eigenvalue weighted by Gasteiger charge is 2.22. The maximum Gasteiger partial charge on any atom is 0.119 e. The van der Waals surface area contributed by atoms with E-state index in [1.807, 2.05) is 13.8 Å². The molecule has 0 fully saturated rings. The summed E-state index contributed by atoms with van der Waals surface area (Å²) < 4.78 is 5.35. The Labute approximate surface area is 62.5 Å². The van der Waals surface area contributed by atoms with Crippen molar-refractivity contribution in [2.75, 3.05) is 0 Å². The zero-order valence-electron chi connectivity index (χ0n) is 7.14. The van der Waals surface area contributed by atoms with Gasteiger partial charge >= 0.3 is 0 Å². The topological polar surface area (TPSA) is 29.5 Å². The Morgan fingerprint density at radius 1 is 1.50 bits per heavy atom. The molecular formula is C8H16O2. The van der Waals surface area contributed by atoms with E-state index < -0.39 is 5.60 Å². The van der Waals surface area contributed by atoms with E-state index in [0.29, 0.717) is 0 Å². The van der Waals surface area contributed by atoms with Gasteiger partial charge in [-0.15, -0.1) is 0 Å². The van der Waals surface area contributed by atoms with Crippen molar-refractivity contribution in [2.24, 2.45) is 0 Å². The van der Waals surface area contributed by atoms with Gasteiger partial charge in [0.2, 0.25) is 0 Å². The highest BCUT2D eigenvalue weighted by atomic mass is 16.5. The van der Waals surface area contributed by atoms with Gasteiger partial charge in [-0.1, -0.05) is 6.58 Å². The largest absolute Gasteiger partial charge is 0.510 e. The van der Waals surface area contributed by atoms with Crippen LogP contribution in [0.25, 0.3) is 0 Å². The van der Waals surface area contributed by atoms with Crippen LogP contribution < -0.4 is 0 Å². The standard InChI is InChI=1S/C8H16O2/c1-6(2)10-8(4,5)7(3)9/h6,9H,3H2,1-2,4-5H3. The molecule has 0 amide bonds. The molecule has 0 unspecified atom stereocenters. The lowest BCUT2D eigenvalue weighted by molar-refractivity contribution is -0.0524. The lowest BCUT2D eigenvalue weighted by atomic mass is 10.1. The Morgan fingerprint density at radius 3 is 2.00 bits per heavy atom. The summed E-state index contributed by atoms with van der Waals surface area (Å²) in [7, 11) is 0. The van der Waals surface area contributed by atoms with E-state index in [4.69, 9.17) is 9.84 Å². The highest BCUT2D eigenvalue weighted by molar-refractivity contribution is 4.98. The van der Waals surface area contributed by atoms with Crippen molar-refractivity contribution in [1.82, 2.24) is 0 Å². The Hall–Kier alpha value is -0.500. The third-order valence-corrected chi connectivity index (χ3v) is 1.23. The predicted octanol–water partition coefficient (Wildman–Crippen LogP) is 2.26. The lowest BCUT2D eigenvalue weighted by Crippen LogP contribution is -2.29. The van der Waals surface area contributed by atoms with Gasteiger partial charge in [-0.25, -0.2) is 0 Å². The van der Waals surface area contributed by atoms with E-state index in [9.17, 15) is 0 Å². The highest BCUT2D eigenvalue weighted by Crippen LogP contribution is 2.18. The SMILES string of the molecule is C=C(O)C(C)(C)OC(C)C. The van der Waals surface area contributed by atoms with Crippen molar-refractivity contribution in [3.05, 3.63) is 12.3 Å². The number of hydrogen-bond donors (Lipinski definition) is 1. The molecule has 0 bridgehead atoms. The minimum absolute atomic E-state index is 0.0706. The van der Waals surface area contributed by atoms with Crippen LogP contribution >= 0.6 is 0 Å². The average Bonchev–Trinajstić information content (AvgIpc) is 1.60. The fraction of sp³-hybridized carbons (Fsp3) is 0.750. The molecular weight excluding hydrogens is 128 g/mol. The molecule has 0 aliphatic rings. The molecule has 60 valence electrons. The second-order valence-corrected chi connectivity index (χ2v) is 3.12. The van der Waals surface area contributed by atoms with Crippen molar-refractivity contribution >= 4 is 0 Å². The third-order valence-electron chi connectivity index (χ3n) is 1.23. The molecule has 0 rings (SSSR count). The Morgan fingerprint density at radius 2 is 1.90 bits per heavy atom. The molecule has 2 heteroatoms. The molecule has 10 heavy (non-hydrogen) atoms. The number of aliphatic hydroxyl groups is 1. The Balaban J connectivity index is 4.00. The van der Waals surface area contributed by atoms with Crippen LogP contribution in [-0.4, -0.2) is 16.8 Å². The van der Waals surface area contributed by atoms with Crippen LogP contribution in [-0.2, 0) is 4.74 Å². The summed E-state index contributed by atoms with van der Waals surface area (Å²) in [5.74, 6) is 0.0706. The first-order valence-electron chi connectivity index (χ1n) is 3.42. The molecule has 0 aliphatic carbocycles. The third kappa shape index (κ3) is 2.87. The molecule has 0 heterocycles. The van der Waals surface area contributed by atoms with E-state index in [2.05, 4.69) is 6.58 Å². The van der Waals surface area contributed by atoms with E-state index >= 15 is 0 Å². The van der Waals surface area contributed by atoms with Crippen molar-refractivity contribution in [3.8, 4) is 0 Å². The smallest absolute Gasteiger partial charge is 0.119 e. The fourth-order valence-electron chi connectivity index (χ4n) is 0.657. The quantitative estimate of drug-likeness (QED) is 0.616. The summed E-state index contributed by atoms with van der Waals surface area (Å²) in [4.78, 5) is 0. The summed E-state index contributed by atoms with van der Waals surface area (Å²) >= 11 is 0. The Kier molecular flexibility index (Phi) is 2.91. The maximum atomic E-state index is 9.01. The molecule has 2 nitrogen and oxygen atoms in total. The monoisotopic (exact) mass is 144 g/mol. The molecule has 0 radical (unpaired) electrons. The van der Waals surface area contributed by atoms with Crippen LogP contribution in [0.3, 0.4) is 0 Å². The number of rotatable bonds is 3. The van der Waals surface area contributed by atoms with Crippen molar-refractivity contribution < 1.29 is 9.84 Å². The number of hydrogen-bond acceptors (Lipinski definition) is 2. The molecule has 0 aromatic rings. The molecule has 0 aromatic heterocycles. The van der Waals surface area contributed by atoms with Gasteiger partial charge in [0.15, 0.2) is 0 Å². The van der Waals surface area contributed by atoms with E-state index in [0.717, 1.165) is 0 Å². The van der Waals surface area contributed by atoms with Gasteiger partial charge in [-0.05, 0) is 27.7 Å². The molecule has 0 aliphatic heterocycles. The van der Waals surface area contributed by atoms with Crippen LogP contribution in [0.15, 0.2) is 12.3 Å². The van der Waals surface area contributed by atoms with Gasteiger partial charge in [-0.2, -0.15) is 0 Å². The average molecular weight is 144 g/mol. The summed E-state index contributed by atoms with van der Waals surface area (Å²) in [5.41, 5.74) is -0.617. The Bertz CT molecular complexity index is 125. The van der Waals surface area contributed by atoms with Crippen LogP contribution in [0.1, 0.15) is 27.7 Å². The second-order valence-electron chi connectivity index (χ2n) is 3.12. The molecule has 0 saturated carbocycles. The first-order valence-corrected chi connectivity index (χ1v) is 3.42. The van der Waals surface area contributed by atoms with Crippen LogP contribution in [0.5, 0.6) is 0 Å². The number of ether oxygens (including phenoxy) is 1. The van der Waals surface area contributed by atoms with Crippen LogP contribution in [0, 0.1) is 0 Å². The van der Waals surface area contributed by atoms with E-state index in [1.54, 1.807) is 13.8 Å². The van der Waals surface area contributed by atoms with Crippen molar-refractivity contribution in [3.63, 3.8) is 0 Å². The van der Waals surface area contributed by atoms with Gasteiger partial charge in [0.05, 0.1) is 6.10 Å².